The molecular weight excluding hydrogens is 829 g/mol. The van der Waals surface area contributed by atoms with Crippen molar-refractivity contribution in [3.63, 3.8) is 0 Å². The maximum absolute atomic E-state index is 11.0. The zero-order valence-electron chi connectivity index (χ0n) is 43.0. The SMILES string of the molecule is CCCCCCCCCCCCCCCOc1ccc(C=Nc2ccc(OCCCCCCCCCC)cc2N=Cc2ccc(OCCCCCCCCCCCCCCC)cc2O)c(O)c1. The minimum Gasteiger partial charge on any atom is -0.507 e. The lowest BCUT2D eigenvalue weighted by atomic mass is 10.0. The molecule has 67 heavy (non-hydrogen) atoms. The van der Waals surface area contributed by atoms with E-state index < -0.39 is 0 Å². The van der Waals surface area contributed by atoms with E-state index in [4.69, 9.17) is 24.2 Å². The monoisotopic (exact) mass is 925 g/mol. The molecule has 3 aromatic carbocycles. The van der Waals surface area contributed by atoms with E-state index in [0.717, 1.165) is 31.4 Å². The summed E-state index contributed by atoms with van der Waals surface area (Å²) in [7, 11) is 0. The van der Waals surface area contributed by atoms with E-state index in [9.17, 15) is 10.2 Å². The first kappa shape index (κ1) is 57.3. The number of ether oxygens (including phenoxy) is 3. The van der Waals surface area contributed by atoms with Gasteiger partial charge in [0.25, 0.3) is 0 Å². The Morgan fingerprint density at radius 2 is 0.597 bits per heavy atom. The Bertz CT molecular complexity index is 1710. The zero-order valence-corrected chi connectivity index (χ0v) is 43.0. The van der Waals surface area contributed by atoms with Gasteiger partial charge in [0.2, 0.25) is 0 Å². The van der Waals surface area contributed by atoms with Gasteiger partial charge in [-0.25, -0.2) is 0 Å². The molecule has 0 radical (unpaired) electrons. The van der Waals surface area contributed by atoms with Gasteiger partial charge in [0.15, 0.2) is 0 Å². The minimum absolute atomic E-state index is 0.111. The van der Waals surface area contributed by atoms with Gasteiger partial charge >= 0.3 is 0 Å². The Balaban J connectivity index is 1.49. The molecule has 0 amide bonds. The van der Waals surface area contributed by atoms with Crippen LogP contribution in [0.15, 0.2) is 64.6 Å². The van der Waals surface area contributed by atoms with Crippen molar-refractivity contribution in [1.29, 1.82) is 0 Å². The van der Waals surface area contributed by atoms with Crippen LogP contribution in [0.1, 0.15) is 250 Å². The van der Waals surface area contributed by atoms with Gasteiger partial charge < -0.3 is 24.4 Å². The Kier molecular flexibility index (Phi) is 34.2. The van der Waals surface area contributed by atoms with Crippen molar-refractivity contribution in [2.24, 2.45) is 9.98 Å². The molecular formula is C60H96N2O5. The molecule has 0 aliphatic heterocycles. The fourth-order valence-corrected chi connectivity index (χ4v) is 8.57. The van der Waals surface area contributed by atoms with E-state index >= 15 is 0 Å². The van der Waals surface area contributed by atoms with Gasteiger partial charge in [-0.2, -0.15) is 0 Å². The molecule has 0 aliphatic carbocycles. The fraction of sp³-hybridized carbons (Fsp3) is 0.667. The molecule has 0 atom stereocenters. The summed E-state index contributed by atoms with van der Waals surface area (Å²) in [5.74, 6) is 2.27. The van der Waals surface area contributed by atoms with Gasteiger partial charge in [-0.15, -0.1) is 0 Å². The highest BCUT2D eigenvalue weighted by Crippen LogP contribution is 2.34. The first-order valence-electron chi connectivity index (χ1n) is 27.8. The Labute approximate surface area is 410 Å². The van der Waals surface area contributed by atoms with E-state index in [0.29, 0.717) is 53.8 Å². The second-order valence-electron chi connectivity index (χ2n) is 19.1. The molecule has 376 valence electrons. The molecule has 7 nitrogen and oxygen atoms in total. The van der Waals surface area contributed by atoms with Crippen LogP contribution in [0.25, 0.3) is 0 Å². The number of unbranched alkanes of at least 4 members (excludes halogenated alkanes) is 31. The van der Waals surface area contributed by atoms with E-state index in [1.54, 1.807) is 24.6 Å². The highest BCUT2D eigenvalue weighted by atomic mass is 16.5. The quantitative estimate of drug-likeness (QED) is 0.0435. The van der Waals surface area contributed by atoms with Crippen molar-refractivity contribution in [3.05, 3.63) is 65.7 Å². The van der Waals surface area contributed by atoms with Crippen LogP contribution in [0.3, 0.4) is 0 Å². The number of phenolic OH excluding ortho intramolecular Hbond substituents is 2. The Morgan fingerprint density at radius 1 is 0.328 bits per heavy atom. The summed E-state index contributed by atoms with van der Waals surface area (Å²) in [6.45, 7) is 8.74. The molecule has 7 heteroatoms. The van der Waals surface area contributed by atoms with E-state index in [-0.39, 0.29) is 11.5 Å². The maximum Gasteiger partial charge on any atom is 0.128 e. The van der Waals surface area contributed by atoms with Gasteiger partial charge in [0.1, 0.15) is 28.7 Å². The summed E-state index contributed by atoms with van der Waals surface area (Å²) in [5, 5.41) is 21.9. The Hall–Kier alpha value is -4.00. The third kappa shape index (κ3) is 28.8. The fourth-order valence-electron chi connectivity index (χ4n) is 8.57. The summed E-state index contributed by atoms with van der Waals surface area (Å²) in [4.78, 5) is 9.56. The average molecular weight is 925 g/mol. The molecule has 3 aromatic rings. The van der Waals surface area contributed by atoms with Gasteiger partial charge in [0.05, 0.1) is 31.2 Å². The molecule has 0 bridgehead atoms. The number of hydrogen-bond donors (Lipinski definition) is 2. The largest absolute Gasteiger partial charge is 0.507 e. The summed E-state index contributed by atoms with van der Waals surface area (Å²) < 4.78 is 18.2. The highest BCUT2D eigenvalue weighted by Gasteiger charge is 2.08. The zero-order chi connectivity index (χ0) is 47.7. The topological polar surface area (TPSA) is 92.9 Å². The van der Waals surface area contributed by atoms with Crippen LogP contribution in [0.5, 0.6) is 28.7 Å². The highest BCUT2D eigenvalue weighted by molar-refractivity contribution is 5.90. The predicted molar refractivity (Wildman–Crippen MR) is 288 cm³/mol. The van der Waals surface area contributed by atoms with Crippen molar-refractivity contribution in [2.45, 2.75) is 239 Å². The number of phenols is 2. The van der Waals surface area contributed by atoms with Crippen LogP contribution in [0.2, 0.25) is 0 Å². The number of benzene rings is 3. The van der Waals surface area contributed by atoms with E-state index in [1.807, 2.05) is 42.5 Å². The number of nitrogens with zero attached hydrogens (tertiary/aromatic N) is 2. The summed E-state index contributed by atoms with van der Waals surface area (Å²) in [6, 6.07) is 16.5. The molecule has 0 aliphatic rings. The third-order valence-corrected chi connectivity index (χ3v) is 12.9. The van der Waals surface area contributed by atoms with Crippen LogP contribution in [0.4, 0.5) is 11.4 Å². The number of aliphatic imine (C=N–C) groups is 2. The molecule has 3 rings (SSSR count). The average Bonchev–Trinajstić information content (AvgIpc) is 3.33. The van der Waals surface area contributed by atoms with Crippen LogP contribution in [0, 0.1) is 0 Å². The first-order valence-corrected chi connectivity index (χ1v) is 27.8. The molecule has 0 heterocycles. The standard InChI is InChI=1S/C60H96N2O5/c1-4-7-10-13-16-19-21-23-25-27-30-33-36-45-66-55-40-38-52(59(63)48-55)50-61-57-43-42-54(65-44-35-32-29-18-15-12-9-6-3)47-58(57)62-51-53-39-41-56(49-60(53)64)67-46-37-34-31-28-26-24-22-20-17-14-11-8-5-2/h38-43,47-51,63-64H,4-37,44-46H2,1-3H3. The van der Waals surface area contributed by atoms with Crippen molar-refractivity contribution in [3.8, 4) is 28.7 Å². The second-order valence-corrected chi connectivity index (χ2v) is 19.1. The maximum atomic E-state index is 11.0. The lowest BCUT2D eigenvalue weighted by molar-refractivity contribution is 0.302. The van der Waals surface area contributed by atoms with Crippen LogP contribution >= 0.6 is 0 Å². The van der Waals surface area contributed by atoms with Crippen molar-refractivity contribution in [2.75, 3.05) is 19.8 Å². The van der Waals surface area contributed by atoms with Crippen molar-refractivity contribution < 1.29 is 24.4 Å². The van der Waals surface area contributed by atoms with Crippen LogP contribution in [-0.4, -0.2) is 42.5 Å². The summed E-state index contributed by atoms with van der Waals surface area (Å²) >= 11 is 0. The molecule has 0 fully saturated rings. The number of rotatable bonds is 44. The van der Waals surface area contributed by atoms with Crippen LogP contribution < -0.4 is 14.2 Å². The van der Waals surface area contributed by atoms with Crippen molar-refractivity contribution in [1.82, 2.24) is 0 Å². The lowest BCUT2D eigenvalue weighted by Crippen LogP contribution is -1.98. The van der Waals surface area contributed by atoms with E-state index in [2.05, 4.69) is 20.8 Å². The number of aromatic hydroxyl groups is 2. The van der Waals surface area contributed by atoms with Gasteiger partial charge in [-0.05, 0) is 55.7 Å². The molecule has 0 unspecified atom stereocenters. The van der Waals surface area contributed by atoms with Gasteiger partial charge in [-0.3, -0.25) is 9.98 Å². The molecule has 0 saturated carbocycles. The predicted octanol–water partition coefficient (Wildman–Crippen LogP) is 19.1. The van der Waals surface area contributed by atoms with Gasteiger partial charge in [0, 0.05) is 41.8 Å². The molecule has 2 N–H and O–H groups in total. The first-order chi connectivity index (χ1) is 33.0. The minimum atomic E-state index is 0.111. The van der Waals surface area contributed by atoms with Crippen LogP contribution in [-0.2, 0) is 0 Å². The smallest absolute Gasteiger partial charge is 0.128 e. The molecule has 0 spiro atoms. The normalized spacial score (nSPS) is 11.6. The van der Waals surface area contributed by atoms with E-state index in [1.165, 1.54) is 193 Å². The second kappa shape index (κ2) is 39.9. The molecule has 0 aromatic heterocycles. The number of hydrogen-bond acceptors (Lipinski definition) is 7. The summed E-state index contributed by atoms with van der Waals surface area (Å²) in [5.41, 5.74) is 2.39. The third-order valence-electron chi connectivity index (χ3n) is 12.9. The summed E-state index contributed by atoms with van der Waals surface area (Å²) in [6.07, 6.45) is 47.5. The molecule has 0 saturated heterocycles. The van der Waals surface area contributed by atoms with Gasteiger partial charge in [-0.1, -0.05) is 220 Å². The Morgan fingerprint density at radius 3 is 0.910 bits per heavy atom. The lowest BCUT2D eigenvalue weighted by Gasteiger charge is -2.10. The van der Waals surface area contributed by atoms with Crippen molar-refractivity contribution >= 4 is 23.8 Å².